The molecule has 0 aliphatic heterocycles. The SMILES string of the molecule is COC(=O)c1cc(F)cc(C(O)C(O)CS)c1. The van der Waals surface area contributed by atoms with E-state index in [1.54, 1.807) is 0 Å². The van der Waals surface area contributed by atoms with Crippen LogP contribution in [0.1, 0.15) is 22.0 Å². The van der Waals surface area contributed by atoms with Crippen molar-refractivity contribution < 1.29 is 24.1 Å². The number of aliphatic hydroxyl groups excluding tert-OH is 2. The van der Waals surface area contributed by atoms with Gasteiger partial charge < -0.3 is 14.9 Å². The lowest BCUT2D eigenvalue weighted by atomic mass is 10.0. The van der Waals surface area contributed by atoms with Gasteiger partial charge in [-0.2, -0.15) is 12.6 Å². The lowest BCUT2D eigenvalue weighted by Gasteiger charge is -2.16. The van der Waals surface area contributed by atoms with Gasteiger partial charge in [-0.15, -0.1) is 0 Å². The molecular formula is C11H13FO4S. The zero-order valence-electron chi connectivity index (χ0n) is 9.13. The van der Waals surface area contributed by atoms with Crippen LogP contribution in [0.5, 0.6) is 0 Å². The maximum absolute atomic E-state index is 13.2. The van der Waals surface area contributed by atoms with Gasteiger partial charge >= 0.3 is 5.97 Å². The number of benzene rings is 1. The van der Waals surface area contributed by atoms with E-state index in [2.05, 4.69) is 17.4 Å². The summed E-state index contributed by atoms with van der Waals surface area (Å²) in [6, 6.07) is 3.31. The molecule has 17 heavy (non-hydrogen) atoms. The molecule has 0 spiro atoms. The lowest BCUT2D eigenvalue weighted by molar-refractivity contribution is 0.0334. The average Bonchev–Trinajstić information content (AvgIpc) is 2.35. The molecular weight excluding hydrogens is 247 g/mol. The fourth-order valence-corrected chi connectivity index (χ4v) is 1.54. The largest absolute Gasteiger partial charge is 0.465 e. The van der Waals surface area contributed by atoms with Gasteiger partial charge in [-0.05, 0) is 23.8 Å². The van der Waals surface area contributed by atoms with E-state index >= 15 is 0 Å². The quantitative estimate of drug-likeness (QED) is 0.556. The van der Waals surface area contributed by atoms with E-state index in [-0.39, 0.29) is 16.9 Å². The first kappa shape index (κ1) is 14.0. The Morgan fingerprint density at radius 3 is 2.65 bits per heavy atom. The Morgan fingerprint density at radius 1 is 1.47 bits per heavy atom. The first-order valence-electron chi connectivity index (χ1n) is 4.85. The molecule has 2 unspecified atom stereocenters. The highest BCUT2D eigenvalue weighted by atomic mass is 32.1. The molecule has 0 saturated heterocycles. The molecule has 0 aliphatic rings. The number of thiol groups is 1. The number of rotatable bonds is 4. The molecule has 1 rings (SSSR count). The summed E-state index contributed by atoms with van der Waals surface area (Å²) < 4.78 is 17.7. The Hall–Kier alpha value is -1.11. The van der Waals surface area contributed by atoms with Crippen molar-refractivity contribution >= 4 is 18.6 Å². The fourth-order valence-electron chi connectivity index (χ4n) is 1.34. The number of methoxy groups -OCH3 is 1. The van der Waals surface area contributed by atoms with Crippen LogP contribution in [0.4, 0.5) is 4.39 Å². The summed E-state index contributed by atoms with van der Waals surface area (Å²) in [6.45, 7) is 0. The standard InChI is InChI=1S/C11H13FO4S/c1-16-11(15)7-2-6(3-8(12)4-7)10(14)9(13)5-17/h2-4,9-10,13-14,17H,5H2,1H3. The molecule has 0 aliphatic carbocycles. The summed E-state index contributed by atoms with van der Waals surface area (Å²) in [6.07, 6.45) is -2.43. The molecule has 1 aromatic carbocycles. The number of halogens is 1. The first-order valence-corrected chi connectivity index (χ1v) is 5.48. The number of hydrogen-bond acceptors (Lipinski definition) is 5. The number of aliphatic hydroxyl groups is 2. The molecule has 0 heterocycles. The number of hydrogen-bond donors (Lipinski definition) is 3. The van der Waals surface area contributed by atoms with Crippen molar-refractivity contribution in [2.24, 2.45) is 0 Å². The molecule has 1 aromatic rings. The van der Waals surface area contributed by atoms with Crippen molar-refractivity contribution in [3.05, 3.63) is 35.1 Å². The summed E-state index contributed by atoms with van der Waals surface area (Å²) in [5.74, 6) is -1.38. The van der Waals surface area contributed by atoms with E-state index in [0.717, 1.165) is 12.1 Å². The zero-order chi connectivity index (χ0) is 13.0. The highest BCUT2D eigenvalue weighted by Crippen LogP contribution is 2.21. The van der Waals surface area contributed by atoms with Gasteiger partial charge in [0, 0.05) is 5.75 Å². The normalized spacial score (nSPS) is 14.2. The van der Waals surface area contributed by atoms with Crippen molar-refractivity contribution in [1.82, 2.24) is 0 Å². The predicted octanol–water partition coefficient (Wildman–Crippen LogP) is 0.936. The second-order valence-electron chi connectivity index (χ2n) is 3.46. The summed E-state index contributed by atoms with van der Waals surface area (Å²) >= 11 is 3.82. The van der Waals surface area contributed by atoms with E-state index in [1.807, 2.05) is 0 Å². The summed E-state index contributed by atoms with van der Waals surface area (Å²) in [5, 5.41) is 19.1. The second kappa shape index (κ2) is 6.00. The van der Waals surface area contributed by atoms with Crippen LogP contribution in [0.3, 0.4) is 0 Å². The molecule has 94 valence electrons. The van der Waals surface area contributed by atoms with Crippen molar-refractivity contribution in [2.45, 2.75) is 12.2 Å². The Kier molecular flexibility index (Phi) is 4.92. The minimum Gasteiger partial charge on any atom is -0.465 e. The maximum Gasteiger partial charge on any atom is 0.337 e. The van der Waals surface area contributed by atoms with Crippen LogP contribution in [0, 0.1) is 5.82 Å². The highest BCUT2D eigenvalue weighted by Gasteiger charge is 2.19. The number of carbonyl (C=O) groups excluding carboxylic acids is 1. The molecule has 4 nitrogen and oxygen atoms in total. The highest BCUT2D eigenvalue weighted by molar-refractivity contribution is 7.80. The van der Waals surface area contributed by atoms with Crippen LogP contribution >= 0.6 is 12.6 Å². The summed E-state index contributed by atoms with van der Waals surface area (Å²) in [7, 11) is 1.17. The minimum absolute atomic E-state index is 0.0191. The van der Waals surface area contributed by atoms with Crippen LogP contribution < -0.4 is 0 Å². The smallest absolute Gasteiger partial charge is 0.337 e. The predicted molar refractivity (Wildman–Crippen MR) is 62.6 cm³/mol. The van der Waals surface area contributed by atoms with Crippen molar-refractivity contribution in [2.75, 3.05) is 12.9 Å². The van der Waals surface area contributed by atoms with Crippen LogP contribution in [0.2, 0.25) is 0 Å². The van der Waals surface area contributed by atoms with Crippen molar-refractivity contribution in [3.63, 3.8) is 0 Å². The minimum atomic E-state index is -1.30. The zero-order valence-corrected chi connectivity index (χ0v) is 10.0. The molecule has 0 saturated carbocycles. The van der Waals surface area contributed by atoms with Gasteiger partial charge in [0.15, 0.2) is 0 Å². The Balaban J connectivity index is 3.09. The third kappa shape index (κ3) is 3.42. The van der Waals surface area contributed by atoms with Gasteiger partial charge in [0.25, 0.3) is 0 Å². The Labute approximate surface area is 103 Å². The van der Waals surface area contributed by atoms with Crippen LogP contribution in [0.15, 0.2) is 18.2 Å². The van der Waals surface area contributed by atoms with Gasteiger partial charge in [0.2, 0.25) is 0 Å². The molecule has 0 bridgehead atoms. The number of esters is 1. The molecule has 0 radical (unpaired) electrons. The topological polar surface area (TPSA) is 66.8 Å². The Morgan fingerprint density at radius 2 is 2.12 bits per heavy atom. The van der Waals surface area contributed by atoms with E-state index in [0.29, 0.717) is 0 Å². The fraction of sp³-hybridized carbons (Fsp3) is 0.364. The van der Waals surface area contributed by atoms with E-state index in [1.165, 1.54) is 13.2 Å². The Bertz CT molecular complexity index is 410. The third-order valence-corrected chi connectivity index (χ3v) is 2.61. The van der Waals surface area contributed by atoms with Crippen molar-refractivity contribution in [3.8, 4) is 0 Å². The van der Waals surface area contributed by atoms with Crippen LogP contribution in [0.25, 0.3) is 0 Å². The average molecular weight is 260 g/mol. The van der Waals surface area contributed by atoms with Crippen molar-refractivity contribution in [1.29, 1.82) is 0 Å². The summed E-state index contributed by atoms with van der Waals surface area (Å²) in [4.78, 5) is 11.2. The molecule has 2 N–H and O–H groups in total. The first-order chi connectivity index (χ1) is 7.99. The summed E-state index contributed by atoms with van der Waals surface area (Å²) in [5.41, 5.74) is 0.0832. The van der Waals surface area contributed by atoms with Gasteiger partial charge in [0.05, 0.1) is 18.8 Å². The number of carbonyl (C=O) groups is 1. The van der Waals surface area contributed by atoms with E-state index in [9.17, 15) is 19.4 Å². The monoisotopic (exact) mass is 260 g/mol. The number of ether oxygens (including phenoxy) is 1. The molecule has 0 aromatic heterocycles. The van der Waals surface area contributed by atoms with E-state index < -0.39 is 24.0 Å². The third-order valence-electron chi connectivity index (χ3n) is 2.23. The van der Waals surface area contributed by atoms with Gasteiger partial charge in [-0.25, -0.2) is 9.18 Å². The van der Waals surface area contributed by atoms with Gasteiger partial charge in [-0.1, -0.05) is 0 Å². The van der Waals surface area contributed by atoms with E-state index in [4.69, 9.17) is 0 Å². The molecule has 2 atom stereocenters. The second-order valence-corrected chi connectivity index (χ2v) is 3.82. The maximum atomic E-state index is 13.2. The van der Waals surface area contributed by atoms with Crippen LogP contribution in [-0.4, -0.2) is 35.1 Å². The van der Waals surface area contributed by atoms with Gasteiger partial charge in [0.1, 0.15) is 11.9 Å². The molecule has 6 heteroatoms. The van der Waals surface area contributed by atoms with Crippen LogP contribution in [-0.2, 0) is 4.74 Å². The van der Waals surface area contributed by atoms with Gasteiger partial charge in [-0.3, -0.25) is 0 Å². The molecule has 0 fully saturated rings. The lowest BCUT2D eigenvalue weighted by Crippen LogP contribution is -2.20. The molecule has 0 amide bonds.